The number of amides is 1. The van der Waals surface area contributed by atoms with Gasteiger partial charge in [-0.2, -0.15) is 0 Å². The molecule has 0 heterocycles. The molecule has 5 nitrogen and oxygen atoms in total. The van der Waals surface area contributed by atoms with E-state index < -0.39 is 18.2 Å². The van der Waals surface area contributed by atoms with Crippen LogP contribution in [0.4, 0.5) is 0 Å². The summed E-state index contributed by atoms with van der Waals surface area (Å²) in [5.41, 5.74) is 0. The number of allylic oxidation sites excluding steroid dienone is 4. The highest BCUT2D eigenvalue weighted by molar-refractivity contribution is 5.76. The lowest BCUT2D eigenvalue weighted by molar-refractivity contribution is -0.124. The van der Waals surface area contributed by atoms with Crippen molar-refractivity contribution < 1.29 is 20.1 Å². The van der Waals surface area contributed by atoms with Crippen LogP contribution in [0.5, 0.6) is 0 Å². The Balaban J connectivity index is 3.74. The molecule has 0 radical (unpaired) electrons. The van der Waals surface area contributed by atoms with Crippen molar-refractivity contribution in [2.45, 2.75) is 212 Å². The van der Waals surface area contributed by atoms with Crippen molar-refractivity contribution >= 4 is 5.91 Å². The maximum absolute atomic E-state index is 12.4. The first-order valence-electron chi connectivity index (χ1n) is 19.1. The van der Waals surface area contributed by atoms with Crippen LogP contribution in [0.3, 0.4) is 0 Å². The highest BCUT2D eigenvalue weighted by atomic mass is 16.3. The molecule has 0 rings (SSSR count). The number of carbonyl (C=O) groups excluding carboxylic acids is 1. The van der Waals surface area contributed by atoms with Gasteiger partial charge in [0.25, 0.3) is 0 Å². The molecule has 0 bridgehead atoms. The Morgan fingerprint density at radius 3 is 1.39 bits per heavy atom. The van der Waals surface area contributed by atoms with Crippen LogP contribution in [-0.4, -0.2) is 46.1 Å². The van der Waals surface area contributed by atoms with E-state index >= 15 is 0 Å². The third-order valence-electron chi connectivity index (χ3n) is 8.79. The summed E-state index contributed by atoms with van der Waals surface area (Å²) < 4.78 is 0. The molecule has 5 heteroatoms. The third kappa shape index (κ3) is 29.5. The molecule has 1 amide bonds. The van der Waals surface area contributed by atoms with E-state index in [0.29, 0.717) is 12.8 Å². The molecule has 0 fully saturated rings. The molecular weight excluding hydrogens is 546 g/mol. The van der Waals surface area contributed by atoms with E-state index in [1.54, 1.807) is 0 Å². The van der Waals surface area contributed by atoms with E-state index in [1.807, 2.05) is 0 Å². The van der Waals surface area contributed by atoms with E-state index in [-0.39, 0.29) is 12.5 Å². The predicted octanol–water partition coefficient (Wildman–Crippen LogP) is 10.3. The zero-order valence-corrected chi connectivity index (χ0v) is 29.3. The van der Waals surface area contributed by atoms with Gasteiger partial charge in [-0.05, 0) is 51.4 Å². The average Bonchev–Trinajstić information content (AvgIpc) is 3.03. The van der Waals surface area contributed by atoms with Gasteiger partial charge in [0, 0.05) is 6.42 Å². The van der Waals surface area contributed by atoms with Gasteiger partial charge < -0.3 is 20.6 Å². The van der Waals surface area contributed by atoms with Crippen LogP contribution >= 0.6 is 0 Å². The first-order chi connectivity index (χ1) is 21.6. The summed E-state index contributed by atoms with van der Waals surface area (Å²) in [6.07, 6.45) is 39.8. The maximum Gasteiger partial charge on any atom is 0.220 e. The van der Waals surface area contributed by atoms with E-state index in [9.17, 15) is 20.1 Å². The van der Waals surface area contributed by atoms with Crippen molar-refractivity contribution in [2.75, 3.05) is 6.61 Å². The fourth-order valence-corrected chi connectivity index (χ4v) is 5.76. The molecule has 0 saturated carbocycles. The van der Waals surface area contributed by atoms with Crippen molar-refractivity contribution in [1.29, 1.82) is 0 Å². The number of nitrogens with one attached hydrogen (secondary N) is 1. The summed E-state index contributed by atoms with van der Waals surface area (Å²) >= 11 is 0. The molecule has 0 aliphatic carbocycles. The number of aliphatic hydroxyl groups is 3. The highest BCUT2D eigenvalue weighted by Gasteiger charge is 2.26. The Bertz CT molecular complexity index is 650. The summed E-state index contributed by atoms with van der Waals surface area (Å²) in [4.78, 5) is 12.4. The largest absolute Gasteiger partial charge is 0.394 e. The summed E-state index contributed by atoms with van der Waals surface area (Å²) in [7, 11) is 0. The zero-order chi connectivity index (χ0) is 32.4. The van der Waals surface area contributed by atoms with Gasteiger partial charge in [0.1, 0.15) is 6.10 Å². The lowest BCUT2D eigenvalue weighted by Gasteiger charge is -2.26. The first-order valence-corrected chi connectivity index (χ1v) is 19.1. The van der Waals surface area contributed by atoms with Gasteiger partial charge in [0.15, 0.2) is 0 Å². The lowest BCUT2D eigenvalue weighted by atomic mass is 10.0. The van der Waals surface area contributed by atoms with Crippen LogP contribution in [0.1, 0.15) is 194 Å². The Labute approximate surface area is 273 Å². The smallest absolute Gasteiger partial charge is 0.220 e. The highest BCUT2D eigenvalue weighted by Crippen LogP contribution is 2.15. The van der Waals surface area contributed by atoms with Crippen molar-refractivity contribution in [3.63, 3.8) is 0 Å². The van der Waals surface area contributed by atoms with E-state index in [4.69, 9.17) is 0 Å². The molecule has 4 N–H and O–H groups in total. The molecule has 0 aliphatic heterocycles. The second-order valence-electron chi connectivity index (χ2n) is 13.1. The third-order valence-corrected chi connectivity index (χ3v) is 8.79. The topological polar surface area (TPSA) is 89.8 Å². The van der Waals surface area contributed by atoms with Gasteiger partial charge in [-0.15, -0.1) is 0 Å². The van der Waals surface area contributed by atoms with Crippen LogP contribution in [0.15, 0.2) is 24.3 Å². The van der Waals surface area contributed by atoms with E-state index in [1.165, 1.54) is 122 Å². The fourth-order valence-electron chi connectivity index (χ4n) is 5.76. The fraction of sp³-hybridized carbons (Fsp3) is 0.872. The van der Waals surface area contributed by atoms with Crippen molar-refractivity contribution in [1.82, 2.24) is 5.32 Å². The molecule has 260 valence electrons. The van der Waals surface area contributed by atoms with Gasteiger partial charge in [0.05, 0.1) is 18.8 Å². The minimum atomic E-state index is -1.16. The summed E-state index contributed by atoms with van der Waals surface area (Å²) in [6, 6.07) is -0.826. The van der Waals surface area contributed by atoms with E-state index in [0.717, 1.165) is 44.9 Å². The van der Waals surface area contributed by atoms with E-state index in [2.05, 4.69) is 43.5 Å². The monoisotopic (exact) mass is 622 g/mol. The number of rotatable bonds is 34. The van der Waals surface area contributed by atoms with Gasteiger partial charge >= 0.3 is 0 Å². The molecule has 3 atom stereocenters. The molecular formula is C39H75NO4. The molecule has 0 spiro atoms. The number of hydrogen-bond acceptors (Lipinski definition) is 4. The number of hydrogen-bond donors (Lipinski definition) is 4. The summed E-state index contributed by atoms with van der Waals surface area (Å²) in [5, 5.41) is 33.3. The quantitative estimate of drug-likeness (QED) is 0.0425. The van der Waals surface area contributed by atoms with Gasteiger partial charge in [-0.1, -0.05) is 160 Å². The van der Waals surface area contributed by atoms with Crippen LogP contribution in [0.2, 0.25) is 0 Å². The minimum Gasteiger partial charge on any atom is -0.394 e. The SMILES string of the molecule is CCCCCCCC/C=C/CC/C=C/CCCC(O)C(O)C(CO)NC(=O)CCCCCCCCCCCCCCCCC. The Kier molecular flexibility index (Phi) is 33.8. The van der Waals surface area contributed by atoms with Crippen molar-refractivity contribution in [2.24, 2.45) is 0 Å². The van der Waals surface area contributed by atoms with Crippen LogP contribution in [0.25, 0.3) is 0 Å². The molecule has 0 aromatic carbocycles. The Morgan fingerprint density at radius 2 is 0.932 bits per heavy atom. The average molecular weight is 622 g/mol. The molecule has 44 heavy (non-hydrogen) atoms. The van der Waals surface area contributed by atoms with Crippen LogP contribution in [0, 0.1) is 0 Å². The molecule has 0 saturated heterocycles. The Morgan fingerprint density at radius 1 is 0.545 bits per heavy atom. The van der Waals surface area contributed by atoms with Gasteiger partial charge in [-0.25, -0.2) is 0 Å². The van der Waals surface area contributed by atoms with Crippen molar-refractivity contribution in [3.05, 3.63) is 24.3 Å². The maximum atomic E-state index is 12.4. The zero-order valence-electron chi connectivity index (χ0n) is 29.3. The first kappa shape index (κ1) is 42.8. The standard InChI is InChI=1S/C39H75NO4/c1-3-5-7-9-11-13-15-17-19-21-23-25-27-29-31-33-37(42)39(44)36(35-41)40-38(43)34-32-30-28-26-24-22-20-18-16-14-12-10-8-6-4-2/h17,19,25,27,36-37,39,41-42,44H,3-16,18,20-24,26,28-35H2,1-2H3,(H,40,43)/b19-17+,27-25+. The van der Waals surface area contributed by atoms with Crippen LogP contribution < -0.4 is 5.32 Å². The van der Waals surface area contributed by atoms with Gasteiger partial charge in [0.2, 0.25) is 5.91 Å². The van der Waals surface area contributed by atoms with Crippen LogP contribution in [-0.2, 0) is 4.79 Å². The summed E-state index contributed by atoms with van der Waals surface area (Å²) in [6.45, 7) is 4.14. The van der Waals surface area contributed by atoms with Crippen molar-refractivity contribution in [3.8, 4) is 0 Å². The lowest BCUT2D eigenvalue weighted by Crippen LogP contribution is -2.50. The molecule has 0 aromatic rings. The molecule has 3 unspecified atom stereocenters. The minimum absolute atomic E-state index is 0.158. The summed E-state index contributed by atoms with van der Waals surface area (Å²) in [5.74, 6) is -0.158. The second-order valence-corrected chi connectivity index (χ2v) is 13.1. The second kappa shape index (κ2) is 34.7. The normalized spacial score (nSPS) is 14.0. The van der Waals surface area contributed by atoms with Gasteiger partial charge in [-0.3, -0.25) is 4.79 Å². The molecule has 0 aliphatic rings. The Hall–Kier alpha value is -1.17. The molecule has 0 aromatic heterocycles. The number of carbonyl (C=O) groups is 1. The number of aliphatic hydroxyl groups excluding tert-OH is 3. The number of unbranched alkanes of at least 4 members (excludes halogenated alkanes) is 22. The predicted molar refractivity (Wildman–Crippen MR) is 190 cm³/mol.